The number of rotatable bonds is 4. The van der Waals surface area contributed by atoms with E-state index < -0.39 is 5.97 Å². The van der Waals surface area contributed by atoms with Gasteiger partial charge in [0.25, 0.3) is 0 Å². The Morgan fingerprint density at radius 2 is 2.06 bits per heavy atom. The van der Waals surface area contributed by atoms with Gasteiger partial charge in [0.05, 0.1) is 16.8 Å². The summed E-state index contributed by atoms with van der Waals surface area (Å²) in [7, 11) is 0. The van der Waals surface area contributed by atoms with Gasteiger partial charge in [0.2, 0.25) is 0 Å². The normalized spacial score (nSPS) is 10.6. The van der Waals surface area contributed by atoms with Gasteiger partial charge in [-0.1, -0.05) is 12.1 Å². The molecule has 0 spiro atoms. The van der Waals surface area contributed by atoms with E-state index in [0.29, 0.717) is 0 Å². The minimum atomic E-state index is -0.947. The van der Waals surface area contributed by atoms with E-state index in [1.807, 2.05) is 18.2 Å². The van der Waals surface area contributed by atoms with Gasteiger partial charge in [-0.25, -0.2) is 4.79 Å². The number of hydrogen-bond acceptors (Lipinski definition) is 3. The topological polar surface area (TPSA) is 53.4 Å². The SMILES string of the molecule is CCN(CC)c1cccc2cc(C(=O)O)cnc12. The smallest absolute Gasteiger partial charge is 0.337 e. The monoisotopic (exact) mass is 244 g/mol. The average Bonchev–Trinajstić information content (AvgIpc) is 2.39. The molecule has 0 amide bonds. The van der Waals surface area contributed by atoms with Crippen molar-refractivity contribution in [2.45, 2.75) is 13.8 Å². The molecule has 0 radical (unpaired) electrons. The average molecular weight is 244 g/mol. The third-order valence-electron chi connectivity index (χ3n) is 3.04. The van der Waals surface area contributed by atoms with Crippen LogP contribution >= 0.6 is 0 Å². The predicted molar refractivity (Wildman–Crippen MR) is 72.3 cm³/mol. The van der Waals surface area contributed by atoms with E-state index in [1.165, 1.54) is 6.20 Å². The summed E-state index contributed by atoms with van der Waals surface area (Å²) in [5.41, 5.74) is 2.12. The number of anilines is 1. The largest absolute Gasteiger partial charge is 0.478 e. The Hall–Kier alpha value is -2.10. The molecule has 0 fully saturated rings. The summed E-state index contributed by atoms with van der Waals surface area (Å²) in [5, 5.41) is 9.83. The van der Waals surface area contributed by atoms with Crippen molar-refractivity contribution in [1.29, 1.82) is 0 Å². The highest BCUT2D eigenvalue weighted by atomic mass is 16.4. The number of para-hydroxylation sites is 1. The van der Waals surface area contributed by atoms with Crippen LogP contribution < -0.4 is 4.90 Å². The third-order valence-corrected chi connectivity index (χ3v) is 3.04. The molecule has 0 aliphatic carbocycles. The summed E-state index contributed by atoms with van der Waals surface area (Å²) >= 11 is 0. The van der Waals surface area contributed by atoms with Crippen molar-refractivity contribution in [3.8, 4) is 0 Å². The van der Waals surface area contributed by atoms with E-state index in [1.54, 1.807) is 6.07 Å². The van der Waals surface area contributed by atoms with E-state index in [4.69, 9.17) is 5.11 Å². The Bertz CT molecular complexity index is 577. The fourth-order valence-corrected chi connectivity index (χ4v) is 2.08. The molecule has 1 aromatic heterocycles. The highest BCUT2D eigenvalue weighted by Gasteiger charge is 2.10. The fourth-order valence-electron chi connectivity index (χ4n) is 2.08. The first-order valence-electron chi connectivity index (χ1n) is 6.04. The van der Waals surface area contributed by atoms with Crippen molar-refractivity contribution in [1.82, 2.24) is 4.98 Å². The van der Waals surface area contributed by atoms with Crippen LogP contribution in [0.1, 0.15) is 24.2 Å². The Morgan fingerprint density at radius 1 is 1.33 bits per heavy atom. The second kappa shape index (κ2) is 5.04. The van der Waals surface area contributed by atoms with E-state index >= 15 is 0 Å². The van der Waals surface area contributed by atoms with Gasteiger partial charge >= 0.3 is 5.97 Å². The molecule has 2 rings (SSSR count). The number of benzene rings is 1. The van der Waals surface area contributed by atoms with Crippen LogP contribution in [0.15, 0.2) is 30.5 Å². The molecule has 0 aliphatic rings. The molecule has 1 heterocycles. The Balaban J connectivity index is 2.60. The van der Waals surface area contributed by atoms with E-state index in [9.17, 15) is 4.79 Å². The zero-order chi connectivity index (χ0) is 13.1. The number of carboxylic acids is 1. The molecular weight excluding hydrogens is 228 g/mol. The van der Waals surface area contributed by atoms with Crippen molar-refractivity contribution in [3.05, 3.63) is 36.0 Å². The highest BCUT2D eigenvalue weighted by Crippen LogP contribution is 2.25. The predicted octanol–water partition coefficient (Wildman–Crippen LogP) is 2.78. The molecule has 2 aromatic rings. The summed E-state index contributed by atoms with van der Waals surface area (Å²) in [6, 6.07) is 7.51. The molecule has 18 heavy (non-hydrogen) atoms. The van der Waals surface area contributed by atoms with Crippen LogP contribution in [-0.2, 0) is 0 Å². The maximum Gasteiger partial charge on any atom is 0.337 e. The lowest BCUT2D eigenvalue weighted by Gasteiger charge is -2.22. The first-order valence-corrected chi connectivity index (χ1v) is 6.04. The summed E-state index contributed by atoms with van der Waals surface area (Å²) in [6.45, 7) is 5.98. The number of nitrogens with zero attached hydrogens (tertiary/aromatic N) is 2. The lowest BCUT2D eigenvalue weighted by Crippen LogP contribution is -2.22. The molecule has 0 unspecified atom stereocenters. The Kier molecular flexibility index (Phi) is 3.46. The number of aromatic nitrogens is 1. The Morgan fingerprint density at radius 3 is 2.67 bits per heavy atom. The number of hydrogen-bond donors (Lipinski definition) is 1. The molecule has 0 saturated carbocycles. The van der Waals surface area contributed by atoms with Crippen molar-refractivity contribution < 1.29 is 9.90 Å². The number of fused-ring (bicyclic) bond motifs is 1. The van der Waals surface area contributed by atoms with Gasteiger partial charge in [-0.3, -0.25) is 4.98 Å². The van der Waals surface area contributed by atoms with Gasteiger partial charge in [-0.2, -0.15) is 0 Å². The minimum absolute atomic E-state index is 0.221. The number of carboxylic acid groups (broad SMARTS) is 1. The van der Waals surface area contributed by atoms with Gasteiger partial charge in [-0.15, -0.1) is 0 Å². The molecule has 1 aromatic carbocycles. The molecule has 0 aliphatic heterocycles. The quantitative estimate of drug-likeness (QED) is 0.898. The van der Waals surface area contributed by atoms with Crippen molar-refractivity contribution >= 4 is 22.6 Å². The molecule has 4 heteroatoms. The van der Waals surface area contributed by atoms with Gasteiger partial charge in [0.1, 0.15) is 0 Å². The summed E-state index contributed by atoms with van der Waals surface area (Å²) < 4.78 is 0. The summed E-state index contributed by atoms with van der Waals surface area (Å²) in [6.07, 6.45) is 1.41. The van der Waals surface area contributed by atoms with Crippen molar-refractivity contribution in [2.24, 2.45) is 0 Å². The molecule has 0 saturated heterocycles. The zero-order valence-corrected chi connectivity index (χ0v) is 10.6. The number of pyridine rings is 1. The van der Waals surface area contributed by atoms with Crippen LogP contribution in [0, 0.1) is 0 Å². The Labute approximate surface area is 106 Å². The van der Waals surface area contributed by atoms with Crippen LogP contribution in [0.5, 0.6) is 0 Å². The third kappa shape index (κ3) is 2.14. The van der Waals surface area contributed by atoms with Crippen LogP contribution in [0.3, 0.4) is 0 Å². The van der Waals surface area contributed by atoms with Crippen LogP contribution in [0.25, 0.3) is 10.9 Å². The fraction of sp³-hybridized carbons (Fsp3) is 0.286. The summed E-state index contributed by atoms with van der Waals surface area (Å²) in [4.78, 5) is 17.4. The highest BCUT2D eigenvalue weighted by molar-refractivity contribution is 5.96. The van der Waals surface area contributed by atoms with Gasteiger partial charge in [0.15, 0.2) is 0 Å². The maximum atomic E-state index is 10.9. The van der Waals surface area contributed by atoms with Gasteiger partial charge in [-0.05, 0) is 26.0 Å². The number of carbonyl (C=O) groups is 1. The molecule has 1 N–H and O–H groups in total. The molecule has 94 valence electrons. The molecule has 0 bridgehead atoms. The lowest BCUT2D eigenvalue weighted by atomic mass is 10.1. The van der Waals surface area contributed by atoms with Crippen molar-refractivity contribution in [3.63, 3.8) is 0 Å². The van der Waals surface area contributed by atoms with Crippen LogP contribution in [0.4, 0.5) is 5.69 Å². The molecular formula is C14H16N2O2. The standard InChI is InChI=1S/C14H16N2O2/c1-3-16(4-2)12-7-5-6-10-8-11(14(17)18)9-15-13(10)12/h5-9H,3-4H2,1-2H3,(H,17,18). The van der Waals surface area contributed by atoms with Gasteiger partial charge in [0, 0.05) is 24.7 Å². The molecule has 4 nitrogen and oxygen atoms in total. The van der Waals surface area contributed by atoms with Crippen molar-refractivity contribution in [2.75, 3.05) is 18.0 Å². The lowest BCUT2D eigenvalue weighted by molar-refractivity contribution is 0.0696. The zero-order valence-electron chi connectivity index (χ0n) is 10.6. The van der Waals surface area contributed by atoms with Crippen LogP contribution in [-0.4, -0.2) is 29.1 Å². The number of aromatic carboxylic acids is 1. The first-order chi connectivity index (χ1) is 8.67. The maximum absolute atomic E-state index is 10.9. The minimum Gasteiger partial charge on any atom is -0.478 e. The van der Waals surface area contributed by atoms with Crippen LogP contribution in [0.2, 0.25) is 0 Å². The van der Waals surface area contributed by atoms with E-state index in [0.717, 1.165) is 29.7 Å². The van der Waals surface area contributed by atoms with E-state index in [-0.39, 0.29) is 5.56 Å². The first kappa shape index (κ1) is 12.4. The second-order valence-corrected chi connectivity index (χ2v) is 4.05. The molecule has 0 atom stereocenters. The summed E-state index contributed by atoms with van der Waals surface area (Å²) in [5.74, 6) is -0.947. The second-order valence-electron chi connectivity index (χ2n) is 4.05. The van der Waals surface area contributed by atoms with E-state index in [2.05, 4.69) is 23.7 Å². The van der Waals surface area contributed by atoms with Gasteiger partial charge < -0.3 is 10.0 Å².